The van der Waals surface area contributed by atoms with Crippen molar-refractivity contribution in [3.05, 3.63) is 78.1 Å². The van der Waals surface area contributed by atoms with Crippen molar-refractivity contribution in [3.8, 4) is 0 Å². The summed E-state index contributed by atoms with van der Waals surface area (Å²) in [6.45, 7) is 0.772. The van der Waals surface area contributed by atoms with Gasteiger partial charge in [-0.3, -0.25) is 0 Å². The number of nitrogens with zero attached hydrogens (tertiary/aromatic N) is 1. The van der Waals surface area contributed by atoms with Gasteiger partial charge in [0.25, 0.3) is 0 Å². The van der Waals surface area contributed by atoms with Gasteiger partial charge in [-0.15, -0.1) is 0 Å². The smallest absolute Gasteiger partial charge is 0.335 e. The van der Waals surface area contributed by atoms with Crippen molar-refractivity contribution in [2.24, 2.45) is 0 Å². The SMILES string of the molecule is O=C(O)c1ccc2cc[n+](Cc3ccccc3)cc2c1. The lowest BCUT2D eigenvalue weighted by Gasteiger charge is -2.01. The monoisotopic (exact) mass is 264 g/mol. The topological polar surface area (TPSA) is 41.2 Å². The Morgan fingerprint density at radius 1 is 1.00 bits per heavy atom. The zero-order valence-corrected chi connectivity index (χ0v) is 10.9. The zero-order valence-electron chi connectivity index (χ0n) is 10.9. The molecule has 0 aliphatic rings. The minimum Gasteiger partial charge on any atom is -0.478 e. The minimum absolute atomic E-state index is 0.315. The summed E-state index contributed by atoms with van der Waals surface area (Å²) in [4.78, 5) is 11.0. The maximum absolute atomic E-state index is 11.0. The summed E-state index contributed by atoms with van der Waals surface area (Å²) < 4.78 is 2.06. The molecule has 3 nitrogen and oxygen atoms in total. The van der Waals surface area contributed by atoms with Gasteiger partial charge in [-0.1, -0.05) is 36.4 Å². The lowest BCUT2D eigenvalue weighted by atomic mass is 10.1. The van der Waals surface area contributed by atoms with Crippen molar-refractivity contribution in [1.82, 2.24) is 0 Å². The third-order valence-electron chi connectivity index (χ3n) is 3.29. The number of pyridine rings is 1. The molecule has 0 radical (unpaired) electrons. The van der Waals surface area contributed by atoms with Gasteiger partial charge in [0, 0.05) is 17.0 Å². The Hall–Kier alpha value is -2.68. The molecule has 0 aliphatic carbocycles. The summed E-state index contributed by atoms with van der Waals surface area (Å²) in [6.07, 6.45) is 3.99. The molecule has 1 heterocycles. The lowest BCUT2D eigenvalue weighted by Crippen LogP contribution is -2.33. The van der Waals surface area contributed by atoms with E-state index in [1.807, 2.05) is 42.7 Å². The quantitative estimate of drug-likeness (QED) is 0.739. The van der Waals surface area contributed by atoms with Crippen LogP contribution in [-0.2, 0) is 6.54 Å². The third-order valence-corrected chi connectivity index (χ3v) is 3.29. The van der Waals surface area contributed by atoms with E-state index in [0.717, 1.165) is 17.3 Å². The van der Waals surface area contributed by atoms with E-state index in [4.69, 9.17) is 5.11 Å². The van der Waals surface area contributed by atoms with Crippen LogP contribution in [0.2, 0.25) is 0 Å². The van der Waals surface area contributed by atoms with Crippen LogP contribution in [0.1, 0.15) is 15.9 Å². The molecule has 98 valence electrons. The van der Waals surface area contributed by atoms with Crippen LogP contribution >= 0.6 is 0 Å². The molecule has 3 heteroatoms. The van der Waals surface area contributed by atoms with Gasteiger partial charge in [-0.25, -0.2) is 9.36 Å². The zero-order chi connectivity index (χ0) is 13.9. The summed E-state index contributed by atoms with van der Waals surface area (Å²) in [5.74, 6) is -0.898. The molecule has 0 saturated heterocycles. The summed E-state index contributed by atoms with van der Waals surface area (Å²) in [5.41, 5.74) is 1.53. The summed E-state index contributed by atoms with van der Waals surface area (Å²) in [7, 11) is 0. The fourth-order valence-electron chi connectivity index (χ4n) is 2.26. The Balaban J connectivity index is 1.99. The van der Waals surface area contributed by atoms with Gasteiger partial charge in [0.2, 0.25) is 0 Å². The van der Waals surface area contributed by atoms with Crippen molar-refractivity contribution in [1.29, 1.82) is 0 Å². The van der Waals surface area contributed by atoms with Gasteiger partial charge in [0.05, 0.1) is 5.56 Å². The Kier molecular flexibility index (Phi) is 3.17. The van der Waals surface area contributed by atoms with Crippen molar-refractivity contribution in [2.75, 3.05) is 0 Å². The maximum Gasteiger partial charge on any atom is 0.335 e. The average Bonchev–Trinajstić information content (AvgIpc) is 2.47. The molecule has 0 saturated carbocycles. The molecule has 0 bridgehead atoms. The first-order chi connectivity index (χ1) is 9.72. The van der Waals surface area contributed by atoms with Crippen LogP contribution in [-0.4, -0.2) is 11.1 Å². The molecule has 0 amide bonds. The van der Waals surface area contributed by atoms with Gasteiger partial charge < -0.3 is 5.11 Å². The lowest BCUT2D eigenvalue weighted by molar-refractivity contribution is -0.687. The molecular formula is C17H14NO2+. The van der Waals surface area contributed by atoms with E-state index in [1.54, 1.807) is 12.1 Å². The highest BCUT2D eigenvalue weighted by Gasteiger charge is 2.08. The van der Waals surface area contributed by atoms with E-state index < -0.39 is 5.97 Å². The molecule has 20 heavy (non-hydrogen) atoms. The number of fused-ring (bicyclic) bond motifs is 1. The highest BCUT2D eigenvalue weighted by molar-refractivity contribution is 5.93. The average molecular weight is 264 g/mol. The first-order valence-corrected chi connectivity index (χ1v) is 6.42. The summed E-state index contributed by atoms with van der Waals surface area (Å²) in [6, 6.07) is 17.4. The van der Waals surface area contributed by atoms with Crippen LogP contribution in [0.25, 0.3) is 10.8 Å². The number of aromatic carboxylic acids is 1. The third kappa shape index (κ3) is 2.52. The second-order valence-electron chi connectivity index (χ2n) is 4.75. The molecule has 0 atom stereocenters. The largest absolute Gasteiger partial charge is 0.478 e. The molecule has 1 N–H and O–H groups in total. The van der Waals surface area contributed by atoms with Crippen LogP contribution in [0.4, 0.5) is 0 Å². The van der Waals surface area contributed by atoms with Crippen molar-refractivity contribution in [3.63, 3.8) is 0 Å². The number of rotatable bonds is 3. The number of aromatic nitrogens is 1. The molecule has 3 aromatic rings. The number of hydrogen-bond acceptors (Lipinski definition) is 1. The van der Waals surface area contributed by atoms with Crippen LogP contribution in [0.3, 0.4) is 0 Å². The van der Waals surface area contributed by atoms with Crippen molar-refractivity contribution >= 4 is 16.7 Å². The van der Waals surface area contributed by atoms with E-state index in [0.29, 0.717) is 5.56 Å². The molecule has 0 spiro atoms. The fraction of sp³-hybridized carbons (Fsp3) is 0.0588. The second kappa shape index (κ2) is 5.13. The van der Waals surface area contributed by atoms with E-state index >= 15 is 0 Å². The van der Waals surface area contributed by atoms with Gasteiger partial charge in [0.1, 0.15) is 0 Å². The number of carboxylic acid groups (broad SMARTS) is 1. The fourth-order valence-corrected chi connectivity index (χ4v) is 2.26. The maximum atomic E-state index is 11.0. The van der Waals surface area contributed by atoms with Crippen molar-refractivity contribution in [2.45, 2.75) is 6.54 Å². The number of benzene rings is 2. The molecule has 0 fully saturated rings. The number of carbonyl (C=O) groups is 1. The minimum atomic E-state index is -0.898. The Labute approximate surface area is 116 Å². The molecule has 3 rings (SSSR count). The van der Waals surface area contributed by atoms with Crippen LogP contribution < -0.4 is 4.57 Å². The van der Waals surface area contributed by atoms with Gasteiger partial charge in [0.15, 0.2) is 18.9 Å². The Morgan fingerprint density at radius 2 is 1.80 bits per heavy atom. The van der Waals surface area contributed by atoms with Crippen LogP contribution in [0.5, 0.6) is 0 Å². The molecule has 0 aliphatic heterocycles. The van der Waals surface area contributed by atoms with Crippen molar-refractivity contribution < 1.29 is 14.5 Å². The van der Waals surface area contributed by atoms with Gasteiger partial charge in [-0.2, -0.15) is 0 Å². The van der Waals surface area contributed by atoms with Gasteiger partial charge >= 0.3 is 5.97 Å². The van der Waals surface area contributed by atoms with E-state index in [2.05, 4.69) is 16.7 Å². The molecule has 0 unspecified atom stereocenters. The van der Waals surface area contributed by atoms with Gasteiger partial charge in [-0.05, 0) is 17.5 Å². The highest BCUT2D eigenvalue weighted by atomic mass is 16.4. The molecular weight excluding hydrogens is 250 g/mol. The van der Waals surface area contributed by atoms with E-state index in [1.165, 1.54) is 5.56 Å². The Morgan fingerprint density at radius 3 is 2.55 bits per heavy atom. The molecule has 2 aromatic carbocycles. The second-order valence-corrected chi connectivity index (χ2v) is 4.75. The van der Waals surface area contributed by atoms with Crippen LogP contribution in [0, 0.1) is 0 Å². The predicted molar refractivity (Wildman–Crippen MR) is 76.6 cm³/mol. The number of hydrogen-bond donors (Lipinski definition) is 1. The predicted octanol–water partition coefficient (Wildman–Crippen LogP) is 2.87. The highest BCUT2D eigenvalue weighted by Crippen LogP contribution is 2.14. The Bertz CT molecular complexity index is 766. The number of carboxylic acids is 1. The first kappa shape index (κ1) is 12.4. The van der Waals surface area contributed by atoms with Crippen LogP contribution in [0.15, 0.2) is 67.0 Å². The van der Waals surface area contributed by atoms with E-state index in [9.17, 15) is 4.79 Å². The normalized spacial score (nSPS) is 10.6. The van der Waals surface area contributed by atoms with E-state index in [-0.39, 0.29) is 0 Å². The standard InChI is InChI=1S/C17H13NO2/c19-17(20)15-7-6-14-8-9-18(12-16(14)10-15)11-13-4-2-1-3-5-13/h1-10,12H,11H2/p+1. The molecule has 1 aromatic heterocycles. The summed E-state index contributed by atoms with van der Waals surface area (Å²) >= 11 is 0. The first-order valence-electron chi connectivity index (χ1n) is 6.42. The summed E-state index contributed by atoms with van der Waals surface area (Å²) in [5, 5.41) is 11.0.